The van der Waals surface area contributed by atoms with Gasteiger partial charge in [-0.2, -0.15) is 0 Å². The standard InChI is InChI=1S/C11H18N2S/c1-9-7-13(10(2)6-12-9)8-11-4-3-5-14-11/h3-5,9-10,12H,6-8H2,1-2H3. The molecule has 3 heteroatoms. The highest BCUT2D eigenvalue weighted by Gasteiger charge is 2.22. The first-order valence-corrected chi connectivity index (χ1v) is 6.13. The lowest BCUT2D eigenvalue weighted by atomic mass is 10.1. The van der Waals surface area contributed by atoms with Crippen molar-refractivity contribution in [3.8, 4) is 0 Å². The molecule has 1 aromatic rings. The van der Waals surface area contributed by atoms with Crippen molar-refractivity contribution in [1.29, 1.82) is 0 Å². The molecule has 2 heterocycles. The van der Waals surface area contributed by atoms with Gasteiger partial charge in [-0.25, -0.2) is 0 Å². The highest BCUT2D eigenvalue weighted by atomic mass is 32.1. The summed E-state index contributed by atoms with van der Waals surface area (Å²) >= 11 is 1.86. The van der Waals surface area contributed by atoms with Crippen molar-refractivity contribution < 1.29 is 0 Å². The lowest BCUT2D eigenvalue weighted by Crippen LogP contribution is -2.53. The Labute approximate surface area is 89.9 Å². The van der Waals surface area contributed by atoms with Gasteiger partial charge in [-0.3, -0.25) is 4.90 Å². The van der Waals surface area contributed by atoms with Crippen LogP contribution in [0, 0.1) is 0 Å². The van der Waals surface area contributed by atoms with Crippen molar-refractivity contribution in [1.82, 2.24) is 10.2 Å². The maximum absolute atomic E-state index is 3.50. The van der Waals surface area contributed by atoms with E-state index in [2.05, 4.69) is 41.6 Å². The molecule has 2 rings (SSSR count). The molecule has 1 aromatic heterocycles. The van der Waals surface area contributed by atoms with E-state index in [4.69, 9.17) is 0 Å². The van der Waals surface area contributed by atoms with Crippen LogP contribution in [0.5, 0.6) is 0 Å². The van der Waals surface area contributed by atoms with Gasteiger partial charge in [-0.15, -0.1) is 11.3 Å². The Morgan fingerprint density at radius 1 is 1.57 bits per heavy atom. The Morgan fingerprint density at radius 2 is 2.43 bits per heavy atom. The molecule has 0 radical (unpaired) electrons. The predicted molar refractivity (Wildman–Crippen MR) is 61.7 cm³/mol. The number of rotatable bonds is 2. The summed E-state index contributed by atoms with van der Waals surface area (Å²) in [6.07, 6.45) is 0. The van der Waals surface area contributed by atoms with Crippen LogP contribution < -0.4 is 5.32 Å². The molecule has 0 aliphatic carbocycles. The molecule has 0 aromatic carbocycles. The molecule has 2 atom stereocenters. The molecule has 2 nitrogen and oxygen atoms in total. The smallest absolute Gasteiger partial charge is 0.0331 e. The fourth-order valence-corrected chi connectivity index (χ4v) is 2.65. The van der Waals surface area contributed by atoms with E-state index in [-0.39, 0.29) is 0 Å². The largest absolute Gasteiger partial charge is 0.311 e. The third-order valence-electron chi connectivity index (χ3n) is 2.83. The van der Waals surface area contributed by atoms with E-state index in [1.165, 1.54) is 11.4 Å². The first-order valence-electron chi connectivity index (χ1n) is 5.25. The molecule has 1 N–H and O–H groups in total. The Balaban J connectivity index is 1.95. The second-order valence-corrected chi connectivity index (χ2v) is 5.20. The molecule has 1 aliphatic rings. The van der Waals surface area contributed by atoms with Gasteiger partial charge in [0.1, 0.15) is 0 Å². The molecule has 0 spiro atoms. The third kappa shape index (κ3) is 2.35. The van der Waals surface area contributed by atoms with Crippen molar-refractivity contribution in [2.24, 2.45) is 0 Å². The first-order chi connectivity index (χ1) is 6.75. The van der Waals surface area contributed by atoms with Crippen LogP contribution in [-0.2, 0) is 6.54 Å². The van der Waals surface area contributed by atoms with Crippen molar-refractivity contribution in [3.63, 3.8) is 0 Å². The zero-order valence-corrected chi connectivity index (χ0v) is 9.68. The predicted octanol–water partition coefficient (Wildman–Crippen LogP) is 1.93. The minimum Gasteiger partial charge on any atom is -0.311 e. The van der Waals surface area contributed by atoms with Gasteiger partial charge < -0.3 is 5.32 Å². The van der Waals surface area contributed by atoms with Crippen molar-refractivity contribution >= 4 is 11.3 Å². The molecular formula is C11H18N2S. The van der Waals surface area contributed by atoms with Crippen molar-refractivity contribution in [2.45, 2.75) is 32.5 Å². The first kappa shape index (κ1) is 10.1. The van der Waals surface area contributed by atoms with Crippen LogP contribution in [0.3, 0.4) is 0 Å². The summed E-state index contributed by atoms with van der Waals surface area (Å²) < 4.78 is 0. The maximum Gasteiger partial charge on any atom is 0.0331 e. The van der Waals surface area contributed by atoms with E-state index in [9.17, 15) is 0 Å². The third-order valence-corrected chi connectivity index (χ3v) is 3.69. The number of hydrogen-bond acceptors (Lipinski definition) is 3. The van der Waals surface area contributed by atoms with E-state index in [0.717, 1.165) is 13.1 Å². The van der Waals surface area contributed by atoms with Crippen LogP contribution in [0.25, 0.3) is 0 Å². The number of nitrogens with zero attached hydrogens (tertiary/aromatic N) is 1. The molecule has 1 saturated heterocycles. The van der Waals surface area contributed by atoms with Gasteiger partial charge in [0.2, 0.25) is 0 Å². The molecule has 78 valence electrons. The number of nitrogens with one attached hydrogen (secondary N) is 1. The summed E-state index contributed by atoms with van der Waals surface area (Å²) in [5.74, 6) is 0. The Bertz CT molecular complexity index is 271. The highest BCUT2D eigenvalue weighted by Crippen LogP contribution is 2.15. The average molecular weight is 210 g/mol. The van der Waals surface area contributed by atoms with E-state index < -0.39 is 0 Å². The van der Waals surface area contributed by atoms with Gasteiger partial charge >= 0.3 is 0 Å². The van der Waals surface area contributed by atoms with Crippen LogP contribution in [0.2, 0.25) is 0 Å². The Morgan fingerprint density at radius 3 is 3.14 bits per heavy atom. The summed E-state index contributed by atoms with van der Waals surface area (Å²) in [6.45, 7) is 7.95. The van der Waals surface area contributed by atoms with Gasteiger partial charge in [0.15, 0.2) is 0 Å². The molecule has 1 fully saturated rings. The van der Waals surface area contributed by atoms with E-state index in [1.54, 1.807) is 0 Å². The van der Waals surface area contributed by atoms with Gasteiger partial charge in [0, 0.05) is 36.6 Å². The summed E-state index contributed by atoms with van der Waals surface area (Å²) in [7, 11) is 0. The van der Waals surface area contributed by atoms with Crippen LogP contribution in [0.4, 0.5) is 0 Å². The van der Waals surface area contributed by atoms with E-state index >= 15 is 0 Å². The van der Waals surface area contributed by atoms with E-state index in [0.29, 0.717) is 12.1 Å². The number of piperazine rings is 1. The summed E-state index contributed by atoms with van der Waals surface area (Å²) in [5.41, 5.74) is 0. The molecule has 1 aliphatic heterocycles. The van der Waals surface area contributed by atoms with Gasteiger partial charge in [-0.1, -0.05) is 6.07 Å². The number of hydrogen-bond donors (Lipinski definition) is 1. The minimum atomic E-state index is 0.631. The average Bonchev–Trinajstić information content (AvgIpc) is 2.64. The topological polar surface area (TPSA) is 15.3 Å². The lowest BCUT2D eigenvalue weighted by molar-refractivity contribution is 0.140. The van der Waals surface area contributed by atoms with Crippen LogP contribution in [0.1, 0.15) is 18.7 Å². The molecular weight excluding hydrogens is 192 g/mol. The Hall–Kier alpha value is -0.380. The van der Waals surface area contributed by atoms with Crippen molar-refractivity contribution in [3.05, 3.63) is 22.4 Å². The molecule has 2 unspecified atom stereocenters. The minimum absolute atomic E-state index is 0.631. The van der Waals surface area contributed by atoms with Crippen LogP contribution >= 0.6 is 11.3 Å². The zero-order chi connectivity index (χ0) is 9.97. The monoisotopic (exact) mass is 210 g/mol. The van der Waals surface area contributed by atoms with E-state index in [1.807, 2.05) is 11.3 Å². The fraction of sp³-hybridized carbons (Fsp3) is 0.636. The maximum atomic E-state index is 3.50. The normalized spacial score (nSPS) is 29.3. The molecule has 0 bridgehead atoms. The summed E-state index contributed by atoms with van der Waals surface area (Å²) in [4.78, 5) is 4.04. The second kappa shape index (κ2) is 4.43. The SMILES string of the molecule is CC1CN(Cc2cccs2)C(C)CN1. The van der Waals surface area contributed by atoms with Crippen LogP contribution in [-0.4, -0.2) is 30.1 Å². The summed E-state index contributed by atoms with van der Waals surface area (Å²) in [5, 5.41) is 5.66. The lowest BCUT2D eigenvalue weighted by Gasteiger charge is -2.37. The quantitative estimate of drug-likeness (QED) is 0.802. The van der Waals surface area contributed by atoms with Gasteiger partial charge in [-0.05, 0) is 25.3 Å². The summed E-state index contributed by atoms with van der Waals surface area (Å²) in [6, 6.07) is 5.65. The molecule has 0 amide bonds. The van der Waals surface area contributed by atoms with Crippen molar-refractivity contribution in [2.75, 3.05) is 13.1 Å². The van der Waals surface area contributed by atoms with Gasteiger partial charge in [0.25, 0.3) is 0 Å². The second-order valence-electron chi connectivity index (χ2n) is 4.17. The molecule has 14 heavy (non-hydrogen) atoms. The fourth-order valence-electron chi connectivity index (χ4n) is 1.92. The number of thiophene rings is 1. The highest BCUT2D eigenvalue weighted by molar-refractivity contribution is 7.09. The Kier molecular flexibility index (Phi) is 3.21. The van der Waals surface area contributed by atoms with Gasteiger partial charge in [0.05, 0.1) is 0 Å². The van der Waals surface area contributed by atoms with Crippen LogP contribution in [0.15, 0.2) is 17.5 Å². The zero-order valence-electron chi connectivity index (χ0n) is 8.86. The molecule has 0 saturated carbocycles.